The second kappa shape index (κ2) is 5.45. The van der Waals surface area contributed by atoms with E-state index in [1.807, 2.05) is 4.57 Å². The number of rotatable bonds is 4. The van der Waals surface area contributed by atoms with E-state index in [1.165, 1.54) is 6.07 Å². The third-order valence-electron chi connectivity index (χ3n) is 3.23. The fraction of sp³-hybridized carbons (Fsp3) is 0.462. The van der Waals surface area contributed by atoms with Crippen molar-refractivity contribution in [3.05, 3.63) is 28.8 Å². The van der Waals surface area contributed by atoms with E-state index in [0.29, 0.717) is 11.4 Å². The summed E-state index contributed by atoms with van der Waals surface area (Å²) < 4.78 is 15.6. The van der Waals surface area contributed by atoms with Gasteiger partial charge in [0.1, 0.15) is 11.6 Å². The Kier molecular flexibility index (Phi) is 4.13. The van der Waals surface area contributed by atoms with Crippen LogP contribution in [0, 0.1) is 5.82 Å². The minimum atomic E-state index is -0.419. The lowest BCUT2D eigenvalue weighted by Gasteiger charge is -2.18. The normalized spacial score (nSPS) is 11.7. The predicted molar refractivity (Wildman–Crippen MR) is 73.9 cm³/mol. The van der Waals surface area contributed by atoms with Crippen molar-refractivity contribution in [3.8, 4) is 0 Å². The van der Waals surface area contributed by atoms with E-state index in [4.69, 9.17) is 23.2 Å². The van der Waals surface area contributed by atoms with Gasteiger partial charge in [-0.3, -0.25) is 0 Å². The number of alkyl halides is 1. The number of hydrogen-bond donors (Lipinski definition) is 0. The average Bonchev–Trinajstić information content (AvgIpc) is 2.70. The van der Waals surface area contributed by atoms with Gasteiger partial charge in [0.2, 0.25) is 0 Å². The largest absolute Gasteiger partial charge is 0.324 e. The number of nitrogens with zero attached hydrogens (tertiary/aromatic N) is 2. The van der Waals surface area contributed by atoms with E-state index in [9.17, 15) is 4.39 Å². The zero-order chi connectivity index (χ0) is 13.3. The lowest BCUT2D eigenvalue weighted by molar-refractivity contribution is 0.471. The molecule has 0 saturated heterocycles. The molecule has 1 aromatic carbocycles. The van der Waals surface area contributed by atoms with Crippen LogP contribution in [0.25, 0.3) is 11.0 Å². The lowest BCUT2D eigenvalue weighted by atomic mass is 10.1. The summed E-state index contributed by atoms with van der Waals surface area (Å²) in [7, 11) is 0. The van der Waals surface area contributed by atoms with Crippen LogP contribution in [-0.4, -0.2) is 9.55 Å². The van der Waals surface area contributed by atoms with Crippen LogP contribution in [0.3, 0.4) is 0 Å². The minimum Gasteiger partial charge on any atom is -0.324 e. The lowest BCUT2D eigenvalue weighted by Crippen LogP contribution is -2.10. The molecule has 0 aliphatic carbocycles. The third-order valence-corrected chi connectivity index (χ3v) is 3.76. The minimum absolute atomic E-state index is 0.0952. The molecule has 0 spiro atoms. The zero-order valence-electron chi connectivity index (χ0n) is 10.4. The zero-order valence-corrected chi connectivity index (χ0v) is 11.9. The summed E-state index contributed by atoms with van der Waals surface area (Å²) in [4.78, 5) is 4.43. The van der Waals surface area contributed by atoms with Crippen molar-refractivity contribution >= 4 is 34.2 Å². The van der Waals surface area contributed by atoms with Crippen molar-refractivity contribution in [3.63, 3.8) is 0 Å². The Balaban J connectivity index is 2.72. The summed E-state index contributed by atoms with van der Waals surface area (Å²) in [5, 5.41) is 0.0952. The predicted octanol–water partition coefficient (Wildman–Crippen LogP) is 4.93. The maximum absolute atomic E-state index is 13.6. The summed E-state index contributed by atoms with van der Waals surface area (Å²) in [6, 6.07) is 3.28. The summed E-state index contributed by atoms with van der Waals surface area (Å²) in [6.45, 7) is 4.20. The van der Waals surface area contributed by atoms with Gasteiger partial charge in [-0.05, 0) is 18.9 Å². The topological polar surface area (TPSA) is 17.8 Å². The molecule has 0 aliphatic rings. The molecule has 0 unspecified atom stereocenters. The van der Waals surface area contributed by atoms with E-state index < -0.39 is 5.82 Å². The highest BCUT2D eigenvalue weighted by Gasteiger charge is 2.17. The number of benzene rings is 1. The summed E-state index contributed by atoms with van der Waals surface area (Å²) in [6.07, 6.45) is 1.91. The van der Waals surface area contributed by atoms with Gasteiger partial charge in [-0.1, -0.05) is 25.4 Å². The first-order valence-corrected chi connectivity index (χ1v) is 6.95. The molecule has 0 N–H and O–H groups in total. The van der Waals surface area contributed by atoms with Gasteiger partial charge in [-0.25, -0.2) is 9.37 Å². The molecule has 2 aromatic rings. The van der Waals surface area contributed by atoms with Crippen LogP contribution in [-0.2, 0) is 5.88 Å². The molecule has 1 heterocycles. The number of hydrogen-bond acceptors (Lipinski definition) is 1. The van der Waals surface area contributed by atoms with E-state index in [0.717, 1.165) is 24.2 Å². The van der Waals surface area contributed by atoms with Gasteiger partial charge in [-0.15, -0.1) is 11.6 Å². The van der Waals surface area contributed by atoms with Crippen molar-refractivity contribution in [1.29, 1.82) is 0 Å². The third kappa shape index (κ3) is 2.21. The Morgan fingerprint density at radius 2 is 2.00 bits per heavy atom. The van der Waals surface area contributed by atoms with Gasteiger partial charge in [-0.2, -0.15) is 0 Å². The standard InChI is InChI=1S/C13H15Cl2FN2/c1-3-8(4-2)18-12-6-10(16)9(15)5-11(12)17-13(18)7-14/h5-6,8H,3-4,7H2,1-2H3. The Bertz CT molecular complexity index is 562. The van der Waals surface area contributed by atoms with Gasteiger partial charge in [0.25, 0.3) is 0 Å². The molecule has 0 aliphatic heterocycles. The highest BCUT2D eigenvalue weighted by Crippen LogP contribution is 2.29. The van der Waals surface area contributed by atoms with E-state index >= 15 is 0 Å². The Morgan fingerprint density at radius 3 is 2.56 bits per heavy atom. The van der Waals surface area contributed by atoms with Crippen LogP contribution in [0.5, 0.6) is 0 Å². The first-order chi connectivity index (χ1) is 8.62. The molecular formula is C13H15Cl2FN2. The Labute approximate surface area is 116 Å². The van der Waals surface area contributed by atoms with Crippen LogP contribution in [0.1, 0.15) is 38.6 Å². The molecule has 18 heavy (non-hydrogen) atoms. The first-order valence-electron chi connectivity index (χ1n) is 6.04. The average molecular weight is 289 g/mol. The van der Waals surface area contributed by atoms with Crippen molar-refractivity contribution < 1.29 is 4.39 Å². The van der Waals surface area contributed by atoms with Gasteiger partial charge < -0.3 is 4.57 Å². The second-order valence-electron chi connectivity index (χ2n) is 4.26. The maximum atomic E-state index is 13.6. The van der Waals surface area contributed by atoms with Crippen LogP contribution in [0.4, 0.5) is 4.39 Å². The summed E-state index contributed by atoms with van der Waals surface area (Å²) >= 11 is 11.7. The number of aromatic nitrogens is 2. The summed E-state index contributed by atoms with van der Waals surface area (Å²) in [5.41, 5.74) is 1.46. The molecule has 2 rings (SSSR count). The molecule has 0 saturated carbocycles. The molecule has 0 fully saturated rings. The maximum Gasteiger partial charge on any atom is 0.144 e. The van der Waals surface area contributed by atoms with E-state index in [-0.39, 0.29) is 11.1 Å². The van der Waals surface area contributed by atoms with Crippen LogP contribution in [0.15, 0.2) is 12.1 Å². The highest BCUT2D eigenvalue weighted by molar-refractivity contribution is 6.31. The molecule has 0 atom stereocenters. The second-order valence-corrected chi connectivity index (χ2v) is 4.93. The first kappa shape index (κ1) is 13.6. The number of imidazole rings is 1. The van der Waals surface area contributed by atoms with Crippen molar-refractivity contribution in [2.24, 2.45) is 0 Å². The SMILES string of the molecule is CCC(CC)n1c(CCl)nc2cc(Cl)c(F)cc21. The monoisotopic (exact) mass is 288 g/mol. The molecule has 0 radical (unpaired) electrons. The molecule has 0 bridgehead atoms. The molecule has 1 aromatic heterocycles. The molecule has 0 amide bonds. The Morgan fingerprint density at radius 1 is 1.33 bits per heavy atom. The van der Waals surface area contributed by atoms with Crippen molar-refractivity contribution in [2.75, 3.05) is 0 Å². The van der Waals surface area contributed by atoms with Crippen LogP contribution in [0.2, 0.25) is 5.02 Å². The van der Waals surface area contributed by atoms with Gasteiger partial charge in [0.05, 0.1) is 21.9 Å². The van der Waals surface area contributed by atoms with Crippen LogP contribution >= 0.6 is 23.2 Å². The van der Waals surface area contributed by atoms with E-state index in [1.54, 1.807) is 6.07 Å². The van der Waals surface area contributed by atoms with Crippen molar-refractivity contribution in [1.82, 2.24) is 9.55 Å². The van der Waals surface area contributed by atoms with Gasteiger partial charge >= 0.3 is 0 Å². The molecule has 5 heteroatoms. The molecular weight excluding hydrogens is 274 g/mol. The number of halogens is 3. The van der Waals surface area contributed by atoms with Gasteiger partial charge in [0, 0.05) is 12.1 Å². The quantitative estimate of drug-likeness (QED) is 0.730. The Hall–Kier alpha value is -0.800. The summed E-state index contributed by atoms with van der Waals surface area (Å²) in [5.74, 6) is 0.657. The van der Waals surface area contributed by atoms with Crippen LogP contribution < -0.4 is 0 Å². The van der Waals surface area contributed by atoms with E-state index in [2.05, 4.69) is 18.8 Å². The smallest absolute Gasteiger partial charge is 0.144 e. The highest BCUT2D eigenvalue weighted by atomic mass is 35.5. The van der Waals surface area contributed by atoms with Crippen molar-refractivity contribution in [2.45, 2.75) is 38.6 Å². The van der Waals surface area contributed by atoms with Gasteiger partial charge in [0.15, 0.2) is 0 Å². The number of fused-ring (bicyclic) bond motifs is 1. The fourth-order valence-corrected chi connectivity index (χ4v) is 2.64. The molecule has 98 valence electrons. The molecule has 2 nitrogen and oxygen atoms in total. The fourth-order valence-electron chi connectivity index (χ4n) is 2.30.